The topological polar surface area (TPSA) is 155 Å². The molecule has 6 N–H and O–H groups in total. The molecule has 3 rings (SSSR count). The van der Waals surface area contributed by atoms with E-state index in [9.17, 15) is 14.4 Å². The average Bonchev–Trinajstić information content (AvgIpc) is 2.94. The first kappa shape index (κ1) is 30.9. The van der Waals surface area contributed by atoms with E-state index < -0.39 is 17.6 Å². The number of benzene rings is 2. The number of ketones is 1. The van der Waals surface area contributed by atoms with Gasteiger partial charge in [-0.15, -0.1) is 0 Å². The lowest BCUT2D eigenvalue weighted by Gasteiger charge is -2.27. The van der Waals surface area contributed by atoms with Gasteiger partial charge in [0.2, 0.25) is 5.78 Å². The number of nitrogens with one attached hydrogen (secondary N) is 2. The van der Waals surface area contributed by atoms with Gasteiger partial charge < -0.3 is 27.0 Å². The van der Waals surface area contributed by atoms with Crippen LogP contribution in [0.4, 0.5) is 5.69 Å². The fourth-order valence-corrected chi connectivity index (χ4v) is 4.81. The van der Waals surface area contributed by atoms with E-state index in [0.717, 1.165) is 19.4 Å². The number of hydrogen-bond acceptors (Lipinski definition) is 9. The number of likely N-dealkylation sites (N-methyl/N-ethyl adjacent to an activating group) is 1. The van der Waals surface area contributed by atoms with Crippen LogP contribution < -0.4 is 22.1 Å². The fraction of sp³-hybridized carbons (Fsp3) is 0.321. The highest BCUT2D eigenvalue weighted by Crippen LogP contribution is 2.34. The van der Waals surface area contributed by atoms with E-state index in [1.807, 2.05) is 0 Å². The zero-order valence-corrected chi connectivity index (χ0v) is 24.3. The molecule has 0 aromatic heterocycles. The number of carbonyl (C=O) groups is 3. The number of thioether (sulfide) groups is 1. The Kier molecular flexibility index (Phi) is 10.9. The van der Waals surface area contributed by atoms with Gasteiger partial charge in [-0.25, -0.2) is 4.99 Å². The highest BCUT2D eigenvalue weighted by atomic mass is 35.5. The minimum Gasteiger partial charge on any atom is -0.390 e. The summed E-state index contributed by atoms with van der Waals surface area (Å²) in [5.41, 5.74) is 13.1. The minimum absolute atomic E-state index is 0.0520. The van der Waals surface area contributed by atoms with Crippen LogP contribution in [0, 0.1) is 5.41 Å². The van der Waals surface area contributed by atoms with Gasteiger partial charge in [0.1, 0.15) is 5.04 Å². The lowest BCUT2D eigenvalue weighted by Crippen LogP contribution is -2.32. The maximum atomic E-state index is 12.9. The SMILES string of the molecule is CN(C)C(=O)C(=O)c1ccc(C(=O)Nc2cccc(SC3=N/C=C/NCCC(C)(CN)CC/N=C\3N)c2Cl)cc1. The molecule has 12 heteroatoms. The Morgan fingerprint density at radius 2 is 1.82 bits per heavy atom. The molecule has 1 atom stereocenters. The summed E-state index contributed by atoms with van der Waals surface area (Å²) in [4.78, 5) is 47.9. The lowest BCUT2D eigenvalue weighted by atomic mass is 9.83. The third-order valence-corrected chi connectivity index (χ3v) is 7.98. The zero-order chi connectivity index (χ0) is 29.3. The first-order valence-corrected chi connectivity index (χ1v) is 13.8. The number of hydrogen-bond donors (Lipinski definition) is 4. The summed E-state index contributed by atoms with van der Waals surface area (Å²) in [6, 6.07) is 11.1. The molecular formula is C28H34ClN7O3S. The molecule has 0 saturated carbocycles. The van der Waals surface area contributed by atoms with Gasteiger partial charge in [0.25, 0.3) is 11.8 Å². The molecule has 1 aliphatic heterocycles. The Balaban J connectivity index is 1.77. The van der Waals surface area contributed by atoms with Crippen molar-refractivity contribution in [1.82, 2.24) is 10.2 Å². The van der Waals surface area contributed by atoms with Gasteiger partial charge in [-0.3, -0.25) is 19.4 Å². The highest BCUT2D eigenvalue weighted by Gasteiger charge is 2.22. The van der Waals surface area contributed by atoms with Crippen LogP contribution in [0.25, 0.3) is 0 Å². The second-order valence-corrected chi connectivity index (χ2v) is 11.2. The number of rotatable bonds is 6. The van der Waals surface area contributed by atoms with Crippen molar-refractivity contribution >= 4 is 57.5 Å². The van der Waals surface area contributed by atoms with Crippen molar-refractivity contribution in [3.8, 4) is 0 Å². The molecule has 0 radical (unpaired) electrons. The minimum atomic E-state index is -0.652. The van der Waals surface area contributed by atoms with Crippen molar-refractivity contribution in [2.45, 2.75) is 24.7 Å². The number of carbonyl (C=O) groups excluding carboxylic acids is 3. The molecule has 0 fully saturated rings. The molecule has 1 unspecified atom stereocenters. The molecule has 10 nitrogen and oxygen atoms in total. The number of amides is 2. The molecule has 2 amide bonds. The van der Waals surface area contributed by atoms with Crippen LogP contribution >= 0.6 is 23.4 Å². The number of nitrogens with two attached hydrogens (primary N) is 2. The van der Waals surface area contributed by atoms with Crippen LogP contribution in [0.1, 0.15) is 40.5 Å². The number of amidine groups is 1. The summed E-state index contributed by atoms with van der Waals surface area (Å²) < 4.78 is 0. The lowest BCUT2D eigenvalue weighted by molar-refractivity contribution is -0.124. The Bertz CT molecular complexity index is 1340. The summed E-state index contributed by atoms with van der Waals surface area (Å²) in [7, 11) is 3.00. The molecule has 40 heavy (non-hydrogen) atoms. The molecule has 212 valence electrons. The van der Waals surface area contributed by atoms with Crippen molar-refractivity contribution in [1.29, 1.82) is 0 Å². The number of nitrogens with zero attached hydrogens (tertiary/aromatic N) is 3. The van der Waals surface area contributed by atoms with E-state index in [0.29, 0.717) is 39.3 Å². The third-order valence-electron chi connectivity index (χ3n) is 6.39. The Hall–Kier alpha value is -3.67. The van der Waals surface area contributed by atoms with Crippen LogP contribution in [0.2, 0.25) is 5.02 Å². The standard InChI is InChI=1S/C28H34ClN7O3S/c1-28(17-30)11-13-32-15-16-34-26(24(31)33-14-12-28)40-21-6-4-5-20(22(21)29)35-25(38)19-9-7-18(8-10-19)23(37)27(39)36(2)3/h4-10,15-16,32H,11-14,17,30H2,1-3H3,(H2,31,33)(H,35,38)/b16-15+,34-26+. The molecule has 2 aromatic carbocycles. The quantitative estimate of drug-likeness (QED) is 0.299. The molecule has 1 heterocycles. The molecule has 1 aliphatic rings. The van der Waals surface area contributed by atoms with Gasteiger partial charge in [0.05, 0.1) is 10.7 Å². The van der Waals surface area contributed by atoms with Gasteiger partial charge in [-0.05, 0) is 49.1 Å². The van der Waals surface area contributed by atoms with E-state index in [1.165, 1.54) is 55.0 Å². The van der Waals surface area contributed by atoms with Crippen molar-refractivity contribution < 1.29 is 14.4 Å². The van der Waals surface area contributed by atoms with Gasteiger partial charge >= 0.3 is 0 Å². The molecule has 2 aromatic rings. The van der Waals surface area contributed by atoms with E-state index in [4.69, 9.17) is 23.1 Å². The Morgan fingerprint density at radius 1 is 1.12 bits per heavy atom. The van der Waals surface area contributed by atoms with Crippen LogP contribution in [-0.2, 0) is 4.79 Å². The molecular weight excluding hydrogens is 550 g/mol. The zero-order valence-electron chi connectivity index (χ0n) is 22.7. The van der Waals surface area contributed by atoms with Crippen molar-refractivity contribution in [2.24, 2.45) is 26.9 Å². The smallest absolute Gasteiger partial charge is 0.294 e. The molecule has 0 aliphatic carbocycles. The van der Waals surface area contributed by atoms with Gasteiger partial charge in [-0.1, -0.05) is 48.5 Å². The van der Waals surface area contributed by atoms with Gasteiger partial charge in [-0.2, -0.15) is 0 Å². The van der Waals surface area contributed by atoms with Gasteiger partial charge in [0.15, 0.2) is 5.84 Å². The monoisotopic (exact) mass is 583 g/mol. The second-order valence-electron chi connectivity index (χ2n) is 9.77. The summed E-state index contributed by atoms with van der Waals surface area (Å²) in [6.45, 7) is 3.97. The number of anilines is 1. The number of halogens is 1. The largest absolute Gasteiger partial charge is 0.390 e. The fourth-order valence-electron chi connectivity index (χ4n) is 3.69. The predicted octanol–water partition coefficient (Wildman–Crippen LogP) is 3.53. The van der Waals surface area contributed by atoms with Crippen molar-refractivity contribution in [3.63, 3.8) is 0 Å². The van der Waals surface area contributed by atoms with E-state index >= 15 is 0 Å². The molecule has 0 bridgehead atoms. The van der Waals surface area contributed by atoms with Crippen molar-refractivity contribution in [2.75, 3.05) is 39.0 Å². The number of aliphatic imine (C=N–C) groups is 2. The average molecular weight is 584 g/mol. The maximum absolute atomic E-state index is 12.9. The Morgan fingerprint density at radius 3 is 2.50 bits per heavy atom. The first-order valence-electron chi connectivity index (χ1n) is 12.6. The first-order chi connectivity index (χ1) is 19.0. The molecule has 0 spiro atoms. The maximum Gasteiger partial charge on any atom is 0.294 e. The highest BCUT2D eigenvalue weighted by molar-refractivity contribution is 8.15. The van der Waals surface area contributed by atoms with Crippen LogP contribution in [0.15, 0.2) is 69.7 Å². The second kappa shape index (κ2) is 14.1. The van der Waals surface area contributed by atoms with Crippen molar-refractivity contribution in [3.05, 3.63) is 71.0 Å². The Labute approximate surface area is 243 Å². The van der Waals surface area contributed by atoms with E-state index in [2.05, 4.69) is 27.5 Å². The van der Waals surface area contributed by atoms with E-state index in [-0.39, 0.29) is 16.8 Å². The normalized spacial score (nSPS) is 21.2. The van der Waals surface area contributed by atoms with E-state index in [1.54, 1.807) is 30.6 Å². The summed E-state index contributed by atoms with van der Waals surface area (Å²) in [6.07, 6.45) is 5.06. The predicted molar refractivity (Wildman–Crippen MR) is 162 cm³/mol. The summed E-state index contributed by atoms with van der Waals surface area (Å²) in [5.74, 6) is -1.44. The van der Waals surface area contributed by atoms with Crippen LogP contribution in [0.3, 0.4) is 0 Å². The van der Waals surface area contributed by atoms with Crippen LogP contribution in [0.5, 0.6) is 0 Å². The molecule has 0 saturated heterocycles. The summed E-state index contributed by atoms with van der Waals surface area (Å²) >= 11 is 7.91. The van der Waals surface area contributed by atoms with Crippen LogP contribution in [-0.4, -0.2) is 67.1 Å². The number of Topliss-reactive ketones (excluding diaryl/α,β-unsaturated/α-hetero) is 1. The third kappa shape index (κ3) is 8.17. The van der Waals surface area contributed by atoms with Gasteiger partial charge in [0, 0.05) is 55.6 Å². The summed E-state index contributed by atoms with van der Waals surface area (Å²) in [5, 5.41) is 6.79.